The Morgan fingerprint density at radius 2 is 2.28 bits per heavy atom. The zero-order chi connectivity index (χ0) is 12.4. The van der Waals surface area contributed by atoms with Gasteiger partial charge in [0.1, 0.15) is 0 Å². The van der Waals surface area contributed by atoms with Crippen molar-refractivity contribution in [2.24, 2.45) is 10.4 Å². The minimum absolute atomic E-state index is 0.517. The predicted molar refractivity (Wildman–Crippen MR) is 77.2 cm³/mol. The second-order valence-corrected chi connectivity index (χ2v) is 6.29. The molecule has 1 N–H and O–H groups in total. The fourth-order valence-electron chi connectivity index (χ4n) is 2.78. The Bertz CT molecular complexity index is 446. The highest BCUT2D eigenvalue weighted by molar-refractivity contribution is 8.14. The van der Waals surface area contributed by atoms with Crippen molar-refractivity contribution in [2.75, 3.05) is 17.6 Å². The third-order valence-corrected chi connectivity index (χ3v) is 5.21. The molecule has 0 amide bonds. The minimum atomic E-state index is 0.517. The zero-order valence-electron chi connectivity index (χ0n) is 10.9. The van der Waals surface area contributed by atoms with Crippen LogP contribution in [0.3, 0.4) is 0 Å². The van der Waals surface area contributed by atoms with E-state index in [0.717, 1.165) is 23.9 Å². The first-order valence-corrected chi connectivity index (χ1v) is 7.75. The van der Waals surface area contributed by atoms with Gasteiger partial charge in [-0.3, -0.25) is 9.67 Å². The first-order valence-electron chi connectivity index (χ1n) is 6.76. The van der Waals surface area contributed by atoms with Crippen LogP contribution < -0.4 is 5.32 Å². The number of aliphatic imine (C=N–C) groups is 1. The summed E-state index contributed by atoms with van der Waals surface area (Å²) in [6.07, 6.45) is 9.41. The molecule has 1 saturated carbocycles. The van der Waals surface area contributed by atoms with Crippen LogP contribution in [0.4, 0.5) is 5.69 Å². The van der Waals surface area contributed by atoms with E-state index in [1.165, 1.54) is 31.4 Å². The van der Waals surface area contributed by atoms with Crippen molar-refractivity contribution in [3.8, 4) is 0 Å². The standard InChI is InChI=1S/C13H20N4S/c1-2-17-8-11(7-15-17)16-12-14-9-13(10-18-12)5-3-4-6-13/h7-8H,2-6,9-10H2,1H3,(H,14,16). The van der Waals surface area contributed by atoms with Gasteiger partial charge in [-0.25, -0.2) is 0 Å². The summed E-state index contributed by atoms with van der Waals surface area (Å²) in [7, 11) is 0. The van der Waals surface area contributed by atoms with Gasteiger partial charge in [0.15, 0.2) is 5.17 Å². The van der Waals surface area contributed by atoms with Crippen LogP contribution >= 0.6 is 11.8 Å². The number of hydrogen-bond acceptors (Lipinski definition) is 4. The van der Waals surface area contributed by atoms with E-state index in [2.05, 4.69) is 17.3 Å². The molecule has 2 aliphatic rings. The highest BCUT2D eigenvalue weighted by atomic mass is 32.2. The van der Waals surface area contributed by atoms with E-state index >= 15 is 0 Å². The van der Waals surface area contributed by atoms with E-state index in [9.17, 15) is 0 Å². The molecule has 0 unspecified atom stereocenters. The van der Waals surface area contributed by atoms with E-state index in [0.29, 0.717) is 5.41 Å². The molecule has 1 aliphatic carbocycles. The predicted octanol–water partition coefficient (Wildman–Crippen LogP) is 2.98. The van der Waals surface area contributed by atoms with Crippen molar-refractivity contribution < 1.29 is 0 Å². The summed E-state index contributed by atoms with van der Waals surface area (Å²) in [4.78, 5) is 4.73. The number of amidine groups is 1. The summed E-state index contributed by atoms with van der Waals surface area (Å²) in [6, 6.07) is 0. The van der Waals surface area contributed by atoms with Crippen molar-refractivity contribution in [1.29, 1.82) is 0 Å². The molecule has 0 aromatic carbocycles. The Labute approximate surface area is 112 Å². The van der Waals surface area contributed by atoms with Gasteiger partial charge in [-0.15, -0.1) is 0 Å². The Hall–Kier alpha value is -0.970. The van der Waals surface area contributed by atoms with Gasteiger partial charge >= 0.3 is 0 Å². The van der Waals surface area contributed by atoms with Gasteiger partial charge in [-0.05, 0) is 25.2 Å². The van der Waals surface area contributed by atoms with Crippen LogP contribution in [0.15, 0.2) is 17.4 Å². The van der Waals surface area contributed by atoms with Crippen LogP contribution in [-0.4, -0.2) is 27.2 Å². The zero-order valence-corrected chi connectivity index (χ0v) is 11.7. The number of rotatable bonds is 2. The Kier molecular flexibility index (Phi) is 3.33. The molecule has 18 heavy (non-hydrogen) atoms. The summed E-state index contributed by atoms with van der Waals surface area (Å²) in [5, 5.41) is 8.69. The van der Waals surface area contributed by atoms with Crippen molar-refractivity contribution in [1.82, 2.24) is 9.78 Å². The molecule has 1 fully saturated rings. The quantitative estimate of drug-likeness (QED) is 0.893. The second kappa shape index (κ2) is 4.96. The van der Waals surface area contributed by atoms with Crippen molar-refractivity contribution >= 4 is 22.6 Å². The highest BCUT2D eigenvalue weighted by Gasteiger charge is 2.36. The lowest BCUT2D eigenvalue weighted by molar-refractivity contribution is 0.359. The molecular formula is C13H20N4S. The molecule has 1 aromatic heterocycles. The Balaban J connectivity index is 1.62. The van der Waals surface area contributed by atoms with Gasteiger partial charge in [0, 0.05) is 25.0 Å². The Morgan fingerprint density at radius 1 is 1.44 bits per heavy atom. The third kappa shape index (κ3) is 2.41. The molecule has 98 valence electrons. The van der Waals surface area contributed by atoms with Crippen LogP contribution in [0, 0.1) is 5.41 Å². The number of aryl methyl sites for hydroxylation is 1. The normalized spacial score (nSPS) is 22.2. The maximum atomic E-state index is 4.73. The van der Waals surface area contributed by atoms with Gasteiger partial charge in [-0.2, -0.15) is 5.10 Å². The lowest BCUT2D eigenvalue weighted by atomic mass is 9.89. The first kappa shape index (κ1) is 12.1. The molecule has 1 spiro atoms. The molecule has 0 bridgehead atoms. The summed E-state index contributed by atoms with van der Waals surface area (Å²) < 4.78 is 1.93. The van der Waals surface area contributed by atoms with Crippen molar-refractivity contribution in [3.63, 3.8) is 0 Å². The molecule has 2 heterocycles. The number of nitrogens with zero attached hydrogens (tertiary/aromatic N) is 3. The van der Waals surface area contributed by atoms with Crippen LogP contribution in [0.2, 0.25) is 0 Å². The van der Waals surface area contributed by atoms with Crippen LogP contribution in [-0.2, 0) is 6.54 Å². The monoisotopic (exact) mass is 264 g/mol. The maximum absolute atomic E-state index is 4.73. The van der Waals surface area contributed by atoms with Crippen LogP contribution in [0.1, 0.15) is 32.6 Å². The van der Waals surface area contributed by atoms with E-state index in [1.807, 2.05) is 28.8 Å². The molecular weight excluding hydrogens is 244 g/mol. The SMILES string of the molecule is CCn1cc(NC2=NCC3(CCCC3)CS2)cn1. The lowest BCUT2D eigenvalue weighted by Gasteiger charge is -2.30. The van der Waals surface area contributed by atoms with Gasteiger partial charge < -0.3 is 5.32 Å². The average Bonchev–Trinajstić information content (AvgIpc) is 3.02. The van der Waals surface area contributed by atoms with Crippen molar-refractivity contribution in [3.05, 3.63) is 12.4 Å². The smallest absolute Gasteiger partial charge is 0.161 e. The van der Waals surface area contributed by atoms with Gasteiger partial charge in [-0.1, -0.05) is 24.6 Å². The van der Waals surface area contributed by atoms with Gasteiger partial charge in [0.25, 0.3) is 0 Å². The number of aromatic nitrogens is 2. The lowest BCUT2D eigenvalue weighted by Crippen LogP contribution is -2.30. The largest absolute Gasteiger partial charge is 0.332 e. The van der Waals surface area contributed by atoms with E-state index in [4.69, 9.17) is 4.99 Å². The maximum Gasteiger partial charge on any atom is 0.161 e. The summed E-state index contributed by atoms with van der Waals surface area (Å²) in [6.45, 7) is 4.00. The van der Waals surface area contributed by atoms with Crippen molar-refractivity contribution in [2.45, 2.75) is 39.2 Å². The molecule has 0 atom stereocenters. The number of nitrogens with one attached hydrogen (secondary N) is 1. The number of anilines is 1. The molecule has 1 aromatic rings. The van der Waals surface area contributed by atoms with E-state index < -0.39 is 0 Å². The number of hydrogen-bond donors (Lipinski definition) is 1. The summed E-state index contributed by atoms with van der Waals surface area (Å²) in [5.74, 6) is 1.22. The molecule has 0 saturated heterocycles. The summed E-state index contributed by atoms with van der Waals surface area (Å²) >= 11 is 1.87. The van der Waals surface area contributed by atoms with E-state index in [-0.39, 0.29) is 0 Å². The average molecular weight is 264 g/mol. The molecule has 5 heteroatoms. The van der Waals surface area contributed by atoms with E-state index in [1.54, 1.807) is 0 Å². The third-order valence-electron chi connectivity index (χ3n) is 3.95. The van der Waals surface area contributed by atoms with Gasteiger partial charge in [0.2, 0.25) is 0 Å². The fourth-order valence-corrected chi connectivity index (χ4v) is 3.95. The first-order chi connectivity index (χ1) is 8.80. The van der Waals surface area contributed by atoms with Crippen LogP contribution in [0.25, 0.3) is 0 Å². The second-order valence-electron chi connectivity index (χ2n) is 5.33. The molecule has 1 aliphatic heterocycles. The molecule has 0 radical (unpaired) electrons. The van der Waals surface area contributed by atoms with Crippen LogP contribution in [0.5, 0.6) is 0 Å². The molecule has 4 nitrogen and oxygen atoms in total. The highest BCUT2D eigenvalue weighted by Crippen LogP contribution is 2.43. The topological polar surface area (TPSA) is 42.2 Å². The number of thioether (sulfide) groups is 1. The summed E-state index contributed by atoms with van der Waals surface area (Å²) in [5.41, 5.74) is 1.56. The minimum Gasteiger partial charge on any atom is -0.332 e. The Morgan fingerprint density at radius 3 is 2.89 bits per heavy atom. The van der Waals surface area contributed by atoms with Gasteiger partial charge in [0.05, 0.1) is 11.9 Å². The fraction of sp³-hybridized carbons (Fsp3) is 0.692. The molecule has 3 rings (SSSR count).